The van der Waals surface area contributed by atoms with Crippen LogP contribution in [0.15, 0.2) is 48.0 Å². The highest BCUT2D eigenvalue weighted by atomic mass is 16.5. The van der Waals surface area contributed by atoms with Gasteiger partial charge in [0.15, 0.2) is 5.78 Å². The Balaban J connectivity index is 1.91. The fourth-order valence-corrected chi connectivity index (χ4v) is 2.65. The molecule has 0 saturated carbocycles. The minimum atomic E-state index is -0.0397. The standard InChI is InChI=1S/C19H18O3/c1-2-4-13-5-3-6-14(9-13)10-15-12-22-18-11-16(20)7-8-17(18)19(15)21/h3,5-11,20H,2,4,12H2,1H3/b15-10+. The number of hydrogen-bond acceptors (Lipinski definition) is 3. The van der Waals surface area contributed by atoms with Gasteiger partial charge in [0.05, 0.1) is 5.56 Å². The van der Waals surface area contributed by atoms with Crippen molar-refractivity contribution in [3.8, 4) is 11.5 Å². The van der Waals surface area contributed by atoms with Crippen LogP contribution in [0.1, 0.15) is 34.8 Å². The van der Waals surface area contributed by atoms with Crippen molar-refractivity contribution in [1.82, 2.24) is 0 Å². The van der Waals surface area contributed by atoms with Gasteiger partial charge in [0.2, 0.25) is 0 Å². The zero-order chi connectivity index (χ0) is 15.5. The molecule has 22 heavy (non-hydrogen) atoms. The fourth-order valence-electron chi connectivity index (χ4n) is 2.65. The van der Waals surface area contributed by atoms with Crippen LogP contribution in [0.2, 0.25) is 0 Å². The Kier molecular flexibility index (Phi) is 3.96. The topological polar surface area (TPSA) is 46.5 Å². The van der Waals surface area contributed by atoms with Gasteiger partial charge < -0.3 is 9.84 Å². The summed E-state index contributed by atoms with van der Waals surface area (Å²) in [6, 6.07) is 12.8. The average molecular weight is 294 g/mol. The summed E-state index contributed by atoms with van der Waals surface area (Å²) in [6.45, 7) is 2.38. The fraction of sp³-hybridized carbons (Fsp3) is 0.211. The number of fused-ring (bicyclic) bond motifs is 1. The normalized spacial score (nSPS) is 15.5. The van der Waals surface area contributed by atoms with E-state index in [0.717, 1.165) is 18.4 Å². The molecule has 1 N–H and O–H groups in total. The minimum absolute atomic E-state index is 0.0397. The van der Waals surface area contributed by atoms with E-state index in [1.807, 2.05) is 18.2 Å². The third-order valence-electron chi connectivity index (χ3n) is 3.72. The van der Waals surface area contributed by atoms with Crippen LogP contribution < -0.4 is 4.74 Å². The molecule has 3 heteroatoms. The molecule has 2 aromatic carbocycles. The molecule has 112 valence electrons. The van der Waals surface area contributed by atoms with E-state index in [1.165, 1.54) is 17.7 Å². The van der Waals surface area contributed by atoms with Crippen molar-refractivity contribution in [3.05, 3.63) is 64.7 Å². The van der Waals surface area contributed by atoms with Crippen molar-refractivity contribution in [2.45, 2.75) is 19.8 Å². The van der Waals surface area contributed by atoms with Crippen molar-refractivity contribution in [2.75, 3.05) is 6.61 Å². The summed E-state index contributed by atoms with van der Waals surface area (Å²) in [6.07, 6.45) is 4.01. The molecule has 1 aliphatic rings. The Bertz CT molecular complexity index is 744. The second-order valence-electron chi connectivity index (χ2n) is 5.46. The third kappa shape index (κ3) is 2.89. The van der Waals surface area contributed by atoms with E-state index < -0.39 is 0 Å². The van der Waals surface area contributed by atoms with E-state index in [1.54, 1.807) is 6.07 Å². The first-order valence-corrected chi connectivity index (χ1v) is 7.47. The molecule has 1 aliphatic heterocycles. The maximum atomic E-state index is 12.5. The quantitative estimate of drug-likeness (QED) is 0.870. The van der Waals surface area contributed by atoms with Crippen LogP contribution in [0.3, 0.4) is 0 Å². The number of ether oxygens (including phenoxy) is 1. The van der Waals surface area contributed by atoms with Crippen LogP contribution in [0.25, 0.3) is 6.08 Å². The summed E-state index contributed by atoms with van der Waals surface area (Å²) in [5, 5.41) is 9.45. The molecule has 0 amide bonds. The largest absolute Gasteiger partial charge is 0.508 e. The summed E-state index contributed by atoms with van der Waals surface area (Å²) in [7, 11) is 0. The molecule has 0 fully saturated rings. The predicted molar refractivity (Wildman–Crippen MR) is 86.3 cm³/mol. The van der Waals surface area contributed by atoms with Crippen molar-refractivity contribution in [2.24, 2.45) is 0 Å². The van der Waals surface area contributed by atoms with E-state index in [0.29, 0.717) is 16.9 Å². The molecule has 0 unspecified atom stereocenters. The lowest BCUT2D eigenvalue weighted by Gasteiger charge is -2.19. The molecule has 2 aromatic rings. The zero-order valence-electron chi connectivity index (χ0n) is 12.5. The summed E-state index contributed by atoms with van der Waals surface area (Å²) in [4.78, 5) is 12.5. The Morgan fingerprint density at radius 2 is 2.09 bits per heavy atom. The van der Waals surface area contributed by atoms with Crippen LogP contribution in [0.5, 0.6) is 11.5 Å². The van der Waals surface area contributed by atoms with Crippen LogP contribution >= 0.6 is 0 Å². The van der Waals surface area contributed by atoms with Gasteiger partial charge in [-0.25, -0.2) is 0 Å². The highest BCUT2D eigenvalue weighted by molar-refractivity contribution is 6.14. The van der Waals surface area contributed by atoms with Crippen LogP contribution in [0.4, 0.5) is 0 Å². The molecule has 0 aliphatic carbocycles. The first-order chi connectivity index (χ1) is 10.7. The maximum absolute atomic E-state index is 12.5. The lowest BCUT2D eigenvalue weighted by Crippen LogP contribution is -2.18. The average Bonchev–Trinajstić information content (AvgIpc) is 2.51. The van der Waals surface area contributed by atoms with Gasteiger partial charge in [-0.15, -0.1) is 0 Å². The molecule has 0 spiro atoms. The Labute approximate surface area is 129 Å². The number of aromatic hydroxyl groups is 1. The summed E-state index contributed by atoms with van der Waals surface area (Å²) in [5.74, 6) is 0.510. The van der Waals surface area contributed by atoms with Gasteiger partial charge in [0, 0.05) is 11.6 Å². The number of benzene rings is 2. The van der Waals surface area contributed by atoms with Crippen LogP contribution in [-0.2, 0) is 6.42 Å². The van der Waals surface area contributed by atoms with Crippen LogP contribution in [0, 0.1) is 0 Å². The molecule has 0 aromatic heterocycles. The number of rotatable bonds is 3. The summed E-state index contributed by atoms with van der Waals surface area (Å²) < 4.78 is 5.59. The minimum Gasteiger partial charge on any atom is -0.508 e. The van der Waals surface area contributed by atoms with Gasteiger partial charge in [-0.1, -0.05) is 37.6 Å². The molecular formula is C19H18O3. The van der Waals surface area contributed by atoms with Crippen LogP contribution in [-0.4, -0.2) is 17.5 Å². The number of carbonyl (C=O) groups excluding carboxylic acids is 1. The van der Waals surface area contributed by atoms with E-state index in [2.05, 4.69) is 19.1 Å². The number of ketones is 1. The Hall–Kier alpha value is -2.55. The number of Topliss-reactive ketones (excluding diaryl/α,β-unsaturated/α-hetero) is 1. The second kappa shape index (κ2) is 6.06. The predicted octanol–water partition coefficient (Wildman–Crippen LogP) is 4.00. The summed E-state index contributed by atoms with van der Waals surface area (Å²) >= 11 is 0. The van der Waals surface area contributed by atoms with Crippen molar-refractivity contribution >= 4 is 11.9 Å². The smallest absolute Gasteiger partial charge is 0.196 e. The number of aryl methyl sites for hydroxylation is 1. The highest BCUT2D eigenvalue weighted by Gasteiger charge is 2.23. The first-order valence-electron chi connectivity index (χ1n) is 7.47. The second-order valence-corrected chi connectivity index (χ2v) is 5.46. The molecule has 0 atom stereocenters. The van der Waals surface area contributed by atoms with Gasteiger partial charge in [-0.2, -0.15) is 0 Å². The van der Waals surface area contributed by atoms with E-state index in [4.69, 9.17) is 4.74 Å². The Morgan fingerprint density at radius 3 is 2.91 bits per heavy atom. The van der Waals surface area contributed by atoms with Gasteiger partial charge in [0.1, 0.15) is 18.1 Å². The molecule has 0 radical (unpaired) electrons. The number of carbonyl (C=O) groups is 1. The van der Waals surface area contributed by atoms with Gasteiger partial charge in [-0.05, 0) is 35.8 Å². The lowest BCUT2D eigenvalue weighted by atomic mass is 9.97. The molecule has 0 bridgehead atoms. The van der Waals surface area contributed by atoms with E-state index in [9.17, 15) is 9.90 Å². The number of hydrogen-bond donors (Lipinski definition) is 1. The summed E-state index contributed by atoms with van der Waals surface area (Å²) in [5.41, 5.74) is 3.42. The van der Waals surface area contributed by atoms with Gasteiger partial charge >= 0.3 is 0 Å². The molecule has 0 saturated heterocycles. The number of phenolic OH excluding ortho intramolecular Hbond substituents is 1. The molecule has 3 nitrogen and oxygen atoms in total. The molecule has 1 heterocycles. The number of phenols is 1. The third-order valence-corrected chi connectivity index (χ3v) is 3.72. The monoisotopic (exact) mass is 294 g/mol. The van der Waals surface area contributed by atoms with Gasteiger partial charge in [0.25, 0.3) is 0 Å². The Morgan fingerprint density at radius 1 is 1.23 bits per heavy atom. The highest BCUT2D eigenvalue weighted by Crippen LogP contribution is 2.31. The molecule has 3 rings (SSSR count). The zero-order valence-corrected chi connectivity index (χ0v) is 12.5. The lowest BCUT2D eigenvalue weighted by molar-refractivity contribution is 0.100. The van der Waals surface area contributed by atoms with Gasteiger partial charge in [-0.3, -0.25) is 4.79 Å². The van der Waals surface area contributed by atoms with E-state index in [-0.39, 0.29) is 18.1 Å². The maximum Gasteiger partial charge on any atom is 0.196 e. The van der Waals surface area contributed by atoms with E-state index >= 15 is 0 Å². The SMILES string of the molecule is CCCc1cccc(/C=C2\COc3cc(O)ccc3C2=O)c1. The van der Waals surface area contributed by atoms with Crippen molar-refractivity contribution in [1.29, 1.82) is 0 Å². The van der Waals surface area contributed by atoms with Crippen molar-refractivity contribution in [3.63, 3.8) is 0 Å². The van der Waals surface area contributed by atoms with Crippen molar-refractivity contribution < 1.29 is 14.6 Å². The molecular weight excluding hydrogens is 276 g/mol. The first kappa shape index (κ1) is 14.4.